The highest BCUT2D eigenvalue weighted by Crippen LogP contribution is 2.19. The van der Waals surface area contributed by atoms with E-state index < -0.39 is 10.8 Å². The number of nitro groups is 1. The maximum absolute atomic E-state index is 13.0. The van der Waals surface area contributed by atoms with Gasteiger partial charge in [-0.15, -0.1) is 27.8 Å². The van der Waals surface area contributed by atoms with E-state index in [0.29, 0.717) is 13.1 Å². The normalized spacial score (nSPS) is 10.7. The molecule has 0 aliphatic carbocycles. The van der Waals surface area contributed by atoms with E-state index >= 15 is 0 Å². The van der Waals surface area contributed by atoms with Crippen molar-refractivity contribution in [1.82, 2.24) is 14.8 Å². The number of hydrogen-bond acceptors (Lipinski definition) is 9. The number of nitrogens with zero attached hydrogens (tertiary/aromatic N) is 4. The van der Waals surface area contributed by atoms with Crippen molar-refractivity contribution in [2.45, 2.75) is 13.1 Å². The number of thiophene rings is 2. The van der Waals surface area contributed by atoms with Gasteiger partial charge in [0.05, 0.1) is 18.0 Å². The molecule has 0 unspecified atom stereocenters. The van der Waals surface area contributed by atoms with Crippen molar-refractivity contribution >= 4 is 46.2 Å². The first-order chi connectivity index (χ1) is 14.6. The molecule has 9 nitrogen and oxygen atoms in total. The molecule has 0 aliphatic rings. The molecule has 0 aliphatic heterocycles. The fourth-order valence-corrected chi connectivity index (χ4v) is 3.97. The number of carbonyl (C=O) groups is 1. The number of nitrogens with one attached hydrogen (secondary N) is 2. The molecule has 0 atom stereocenters. The van der Waals surface area contributed by atoms with Crippen LogP contribution in [-0.2, 0) is 13.1 Å². The van der Waals surface area contributed by atoms with Gasteiger partial charge in [0.2, 0.25) is 11.9 Å². The SMILES string of the molecule is O=C(c1cccc([N+](=O)[O-])c1)n1nc(NCc2cccs2)nc1NCc1cccs1. The Morgan fingerprint density at radius 2 is 1.73 bits per heavy atom. The van der Waals surface area contributed by atoms with Gasteiger partial charge in [-0.25, -0.2) is 0 Å². The van der Waals surface area contributed by atoms with Crippen molar-refractivity contribution in [1.29, 1.82) is 0 Å². The smallest absolute Gasteiger partial charge is 0.281 e. The van der Waals surface area contributed by atoms with Crippen molar-refractivity contribution in [2.75, 3.05) is 10.6 Å². The van der Waals surface area contributed by atoms with Crippen LogP contribution in [0.5, 0.6) is 0 Å². The Kier molecular flexibility index (Phi) is 5.82. The van der Waals surface area contributed by atoms with Crippen LogP contribution >= 0.6 is 22.7 Å². The van der Waals surface area contributed by atoms with Crippen LogP contribution in [-0.4, -0.2) is 25.6 Å². The fourth-order valence-electron chi connectivity index (χ4n) is 2.68. The van der Waals surface area contributed by atoms with Crippen LogP contribution in [0.15, 0.2) is 59.3 Å². The quantitative estimate of drug-likeness (QED) is 0.311. The van der Waals surface area contributed by atoms with E-state index in [4.69, 9.17) is 0 Å². The zero-order chi connectivity index (χ0) is 20.9. The molecular formula is C19H16N6O3S2. The van der Waals surface area contributed by atoms with Crippen LogP contribution in [0.2, 0.25) is 0 Å². The van der Waals surface area contributed by atoms with Crippen molar-refractivity contribution in [3.63, 3.8) is 0 Å². The molecular weight excluding hydrogens is 424 g/mol. The Bertz CT molecular complexity index is 1160. The van der Waals surface area contributed by atoms with Gasteiger partial charge in [0, 0.05) is 27.5 Å². The maximum atomic E-state index is 13.0. The van der Waals surface area contributed by atoms with Crippen LogP contribution in [0.3, 0.4) is 0 Å². The molecule has 0 bridgehead atoms. The zero-order valence-electron chi connectivity index (χ0n) is 15.5. The van der Waals surface area contributed by atoms with E-state index in [1.165, 1.54) is 24.3 Å². The van der Waals surface area contributed by atoms with Gasteiger partial charge in [-0.1, -0.05) is 18.2 Å². The molecule has 0 saturated carbocycles. The second-order valence-electron chi connectivity index (χ2n) is 6.15. The van der Waals surface area contributed by atoms with E-state index in [1.807, 2.05) is 35.0 Å². The minimum Gasteiger partial charge on any atom is -0.349 e. The van der Waals surface area contributed by atoms with Crippen LogP contribution in [0, 0.1) is 10.1 Å². The van der Waals surface area contributed by atoms with Crippen molar-refractivity contribution < 1.29 is 9.72 Å². The number of anilines is 2. The van der Waals surface area contributed by atoms with E-state index in [9.17, 15) is 14.9 Å². The summed E-state index contributed by atoms with van der Waals surface area (Å²) in [4.78, 5) is 30.1. The molecule has 4 aromatic rings. The molecule has 0 radical (unpaired) electrons. The standard InChI is InChI=1S/C19H16N6O3S2/c26-17(13-4-1-5-14(10-13)25(27)28)24-19(21-12-16-7-3-9-30-16)22-18(23-24)20-11-15-6-2-8-29-15/h1-10H,11-12H2,(H2,20,21,22,23). The van der Waals surface area contributed by atoms with Crippen LogP contribution in [0.1, 0.15) is 20.1 Å². The van der Waals surface area contributed by atoms with Gasteiger partial charge in [-0.2, -0.15) is 9.67 Å². The van der Waals surface area contributed by atoms with Crippen LogP contribution in [0.25, 0.3) is 0 Å². The highest BCUT2D eigenvalue weighted by molar-refractivity contribution is 7.10. The molecule has 3 heterocycles. The van der Waals surface area contributed by atoms with Gasteiger partial charge in [0.1, 0.15) is 0 Å². The second-order valence-corrected chi connectivity index (χ2v) is 8.21. The summed E-state index contributed by atoms with van der Waals surface area (Å²) in [5.41, 5.74) is -0.0109. The lowest BCUT2D eigenvalue weighted by molar-refractivity contribution is -0.384. The first kappa shape index (κ1) is 19.7. The first-order valence-corrected chi connectivity index (χ1v) is 10.6. The molecule has 1 aromatic carbocycles. The Balaban J connectivity index is 1.60. The first-order valence-electron chi connectivity index (χ1n) is 8.89. The Morgan fingerprint density at radius 1 is 1.03 bits per heavy atom. The topological polar surface area (TPSA) is 115 Å². The minimum atomic E-state index is -0.540. The summed E-state index contributed by atoms with van der Waals surface area (Å²) >= 11 is 3.18. The monoisotopic (exact) mass is 440 g/mol. The Morgan fingerprint density at radius 3 is 2.37 bits per heavy atom. The van der Waals surface area contributed by atoms with Crippen LogP contribution < -0.4 is 10.6 Å². The number of benzene rings is 1. The van der Waals surface area contributed by atoms with Gasteiger partial charge in [0.25, 0.3) is 11.6 Å². The van der Waals surface area contributed by atoms with Crippen LogP contribution in [0.4, 0.5) is 17.6 Å². The maximum Gasteiger partial charge on any atom is 0.281 e. The molecule has 0 spiro atoms. The average Bonchev–Trinajstić information content (AvgIpc) is 3.52. The molecule has 0 fully saturated rings. The number of nitro benzene ring substituents is 1. The van der Waals surface area contributed by atoms with Gasteiger partial charge in [-0.3, -0.25) is 14.9 Å². The highest BCUT2D eigenvalue weighted by Gasteiger charge is 2.20. The average molecular weight is 441 g/mol. The molecule has 0 saturated heterocycles. The summed E-state index contributed by atoms with van der Waals surface area (Å²) in [7, 11) is 0. The number of hydrogen-bond donors (Lipinski definition) is 2. The molecule has 3 aromatic heterocycles. The molecule has 0 amide bonds. The molecule has 152 valence electrons. The van der Waals surface area contributed by atoms with Crippen molar-refractivity contribution in [2.24, 2.45) is 0 Å². The number of rotatable bonds is 8. The van der Waals surface area contributed by atoms with Gasteiger partial charge >= 0.3 is 0 Å². The summed E-state index contributed by atoms with van der Waals surface area (Å²) in [6.45, 7) is 1.000. The summed E-state index contributed by atoms with van der Waals surface area (Å²) in [5.74, 6) is 0.0356. The lowest BCUT2D eigenvalue weighted by Crippen LogP contribution is -2.17. The van der Waals surface area contributed by atoms with Crippen molar-refractivity contribution in [3.05, 3.63) is 84.7 Å². The predicted octanol–water partition coefficient (Wildman–Crippen LogP) is 4.22. The highest BCUT2D eigenvalue weighted by atomic mass is 32.1. The van der Waals surface area contributed by atoms with Gasteiger partial charge in [0.15, 0.2) is 0 Å². The predicted molar refractivity (Wildman–Crippen MR) is 116 cm³/mol. The summed E-state index contributed by atoms with van der Waals surface area (Å²) in [6, 6.07) is 13.4. The van der Waals surface area contributed by atoms with Gasteiger partial charge in [-0.05, 0) is 29.0 Å². The number of carbonyl (C=O) groups excluding carboxylic acids is 1. The fraction of sp³-hybridized carbons (Fsp3) is 0.105. The zero-order valence-corrected chi connectivity index (χ0v) is 17.2. The third-order valence-electron chi connectivity index (χ3n) is 4.11. The lowest BCUT2D eigenvalue weighted by Gasteiger charge is -2.06. The summed E-state index contributed by atoms with van der Waals surface area (Å²) < 4.78 is 1.13. The number of non-ortho nitro benzene ring substituents is 1. The lowest BCUT2D eigenvalue weighted by atomic mass is 10.2. The van der Waals surface area contributed by atoms with Crippen molar-refractivity contribution in [3.8, 4) is 0 Å². The third kappa shape index (κ3) is 4.53. The summed E-state index contributed by atoms with van der Waals surface area (Å²) in [5, 5.41) is 25.5. The molecule has 30 heavy (non-hydrogen) atoms. The summed E-state index contributed by atoms with van der Waals surface area (Å²) in [6.07, 6.45) is 0. The Labute approximate surface area is 179 Å². The van der Waals surface area contributed by atoms with E-state index in [-0.39, 0.29) is 23.1 Å². The molecule has 4 rings (SSSR count). The molecule has 2 N–H and O–H groups in total. The minimum absolute atomic E-state index is 0.151. The second kappa shape index (κ2) is 8.84. The van der Waals surface area contributed by atoms with E-state index in [0.717, 1.165) is 14.4 Å². The number of aromatic nitrogens is 3. The molecule has 11 heteroatoms. The Hall–Kier alpha value is -3.57. The third-order valence-corrected chi connectivity index (χ3v) is 5.86. The van der Waals surface area contributed by atoms with E-state index in [2.05, 4.69) is 20.7 Å². The van der Waals surface area contributed by atoms with E-state index in [1.54, 1.807) is 22.7 Å². The van der Waals surface area contributed by atoms with Gasteiger partial charge < -0.3 is 10.6 Å². The largest absolute Gasteiger partial charge is 0.349 e.